The van der Waals surface area contributed by atoms with Gasteiger partial charge in [0.1, 0.15) is 11.1 Å². The summed E-state index contributed by atoms with van der Waals surface area (Å²) in [5.41, 5.74) is -9.69. The molecule has 0 aromatic rings. The Bertz CT molecular complexity index is 495. The Morgan fingerprint density at radius 1 is 0.522 bits per heavy atom. The first kappa shape index (κ1) is 21.4. The molecule has 0 N–H and O–H groups in total. The van der Waals surface area contributed by atoms with Gasteiger partial charge in [0.25, 0.3) is 5.78 Å². The molecule has 0 saturated heterocycles. The molecule has 0 unspecified atom stereocenters. The third kappa shape index (κ3) is 4.46. The molecule has 15 heteroatoms. The lowest BCUT2D eigenvalue weighted by molar-refractivity contribution is -0.283. The van der Waals surface area contributed by atoms with Crippen molar-refractivity contribution in [3.63, 3.8) is 0 Å². The zero-order valence-electron chi connectivity index (χ0n) is 9.70. The number of hydrogen-bond acceptors (Lipinski definition) is 1. The van der Waals surface area contributed by atoms with E-state index in [0.29, 0.717) is 0 Å². The molecule has 0 aliphatic heterocycles. The zero-order valence-corrected chi connectivity index (χ0v) is 9.70. The van der Waals surface area contributed by atoms with Gasteiger partial charge in [-0.15, -0.1) is 0 Å². The van der Waals surface area contributed by atoms with Gasteiger partial charge in [-0.1, -0.05) is 0 Å². The van der Waals surface area contributed by atoms with Crippen molar-refractivity contribution in [3.8, 4) is 0 Å². The second kappa shape index (κ2) is 5.51. The van der Waals surface area contributed by atoms with Gasteiger partial charge in [0, 0.05) is 0 Å². The van der Waals surface area contributed by atoms with Gasteiger partial charge in [0.05, 0.1) is 0 Å². The molecule has 1 nitrogen and oxygen atoms in total. The smallest absolute Gasteiger partial charge is 0.284 e. The maximum atomic E-state index is 12.7. The van der Waals surface area contributed by atoms with Crippen LogP contribution in [0.25, 0.3) is 0 Å². The predicted molar refractivity (Wildman–Crippen MR) is 41.2 cm³/mol. The van der Waals surface area contributed by atoms with Crippen molar-refractivity contribution in [2.24, 2.45) is 0 Å². The van der Waals surface area contributed by atoms with Crippen LogP contribution >= 0.6 is 0 Å². The molecule has 0 saturated carbocycles. The Morgan fingerprint density at radius 3 is 1.04 bits per heavy atom. The van der Waals surface area contributed by atoms with Gasteiger partial charge in [-0.3, -0.25) is 4.79 Å². The molecule has 0 aliphatic carbocycles. The molecule has 0 aliphatic rings. The largest absolute Gasteiger partial charge is 0.458 e. The first-order valence-electron chi connectivity index (χ1n) is 4.60. The monoisotopic (exact) mass is 378 g/mol. The van der Waals surface area contributed by atoms with Crippen LogP contribution in [0.15, 0.2) is 11.1 Å². The van der Waals surface area contributed by atoms with E-state index in [9.17, 15) is 66.3 Å². The summed E-state index contributed by atoms with van der Waals surface area (Å²) in [5.74, 6) is -12.0. The standard InChI is InChI=1S/C8F14O/c9-4(10,8(20,21)22)2(6(14,15)16)1(5(11,12)13)3(23)7(17,18)19/b2-1+. The number of alkyl halides is 14. The van der Waals surface area contributed by atoms with Gasteiger partial charge in [-0.05, 0) is 0 Å². The van der Waals surface area contributed by atoms with Gasteiger partial charge in [-0.25, -0.2) is 0 Å². The van der Waals surface area contributed by atoms with Crippen molar-refractivity contribution < 1.29 is 66.3 Å². The number of Topliss-reactive ketones (excluding diaryl/α,β-unsaturated/α-hetero) is 1. The van der Waals surface area contributed by atoms with Gasteiger partial charge in [-0.2, -0.15) is 61.5 Å². The first-order valence-corrected chi connectivity index (χ1v) is 4.60. The second-order valence-electron chi connectivity index (χ2n) is 3.64. The zero-order chi connectivity index (χ0) is 19.2. The van der Waals surface area contributed by atoms with Crippen molar-refractivity contribution in [2.45, 2.75) is 30.6 Å². The van der Waals surface area contributed by atoms with Crippen molar-refractivity contribution in [3.05, 3.63) is 11.1 Å². The summed E-state index contributed by atoms with van der Waals surface area (Å²) < 4.78 is 170. The molecule has 0 atom stereocenters. The molecule has 136 valence electrons. The number of carbonyl (C=O) groups is 1. The lowest BCUT2D eigenvalue weighted by Gasteiger charge is -2.27. The molecule has 0 spiro atoms. The molecular formula is C8F14O. The number of allylic oxidation sites excluding steroid dienone is 2. The summed E-state index contributed by atoms with van der Waals surface area (Å²) in [4.78, 5) is 10.4. The highest BCUT2D eigenvalue weighted by molar-refractivity contribution is 6.01. The third-order valence-corrected chi connectivity index (χ3v) is 1.97. The van der Waals surface area contributed by atoms with E-state index in [1.807, 2.05) is 0 Å². The van der Waals surface area contributed by atoms with Crippen LogP contribution in [0.1, 0.15) is 0 Å². The summed E-state index contributed by atoms with van der Waals surface area (Å²) in [6.07, 6.45) is -28.5. The van der Waals surface area contributed by atoms with Crippen molar-refractivity contribution in [2.75, 3.05) is 0 Å². The van der Waals surface area contributed by atoms with Gasteiger partial charge in [0.2, 0.25) is 0 Å². The molecule has 0 amide bonds. The van der Waals surface area contributed by atoms with Crippen molar-refractivity contribution >= 4 is 5.78 Å². The van der Waals surface area contributed by atoms with Gasteiger partial charge >= 0.3 is 30.6 Å². The van der Waals surface area contributed by atoms with Crippen LogP contribution in [0.2, 0.25) is 0 Å². The van der Waals surface area contributed by atoms with Crippen LogP contribution in [0.4, 0.5) is 61.5 Å². The lowest BCUT2D eigenvalue weighted by Crippen LogP contribution is -2.47. The van der Waals surface area contributed by atoms with E-state index in [0.717, 1.165) is 0 Å². The highest BCUT2D eigenvalue weighted by atomic mass is 19.4. The number of halogens is 14. The summed E-state index contributed by atoms with van der Waals surface area (Å²) in [6.45, 7) is 0. The molecule has 0 aromatic carbocycles. The Morgan fingerprint density at radius 2 is 0.870 bits per heavy atom. The summed E-state index contributed by atoms with van der Waals surface area (Å²) in [6, 6.07) is 0. The molecular weight excluding hydrogens is 378 g/mol. The van der Waals surface area contributed by atoms with E-state index >= 15 is 0 Å². The SMILES string of the molecule is O=C(/C(=C(\C(F)(F)F)C(F)(F)C(F)(F)F)C(F)(F)F)C(F)(F)F. The average molecular weight is 378 g/mol. The lowest BCUT2D eigenvalue weighted by atomic mass is 9.96. The molecule has 23 heavy (non-hydrogen) atoms. The first-order chi connectivity index (χ1) is 9.65. The number of hydrogen-bond donors (Lipinski definition) is 0. The van der Waals surface area contributed by atoms with Crippen LogP contribution in [0.3, 0.4) is 0 Å². The molecule has 0 heterocycles. The normalized spacial score (nSPS) is 16.3. The van der Waals surface area contributed by atoms with Gasteiger partial charge < -0.3 is 0 Å². The second-order valence-corrected chi connectivity index (χ2v) is 3.64. The summed E-state index contributed by atoms with van der Waals surface area (Å²) in [5, 5.41) is 0. The minimum atomic E-state index is -7.42. The number of carbonyl (C=O) groups excluding carboxylic acids is 1. The fraction of sp³-hybridized carbons (Fsp3) is 0.625. The van der Waals surface area contributed by atoms with Gasteiger partial charge in [0.15, 0.2) is 0 Å². The Hall–Kier alpha value is -1.57. The Balaban J connectivity index is 7.05. The Labute approximate surface area is 115 Å². The van der Waals surface area contributed by atoms with E-state index in [1.165, 1.54) is 0 Å². The van der Waals surface area contributed by atoms with E-state index in [1.54, 1.807) is 0 Å². The summed E-state index contributed by atoms with van der Waals surface area (Å²) >= 11 is 0. The molecule has 0 bridgehead atoms. The van der Waals surface area contributed by atoms with E-state index < -0.39 is 47.6 Å². The maximum Gasteiger partial charge on any atom is 0.458 e. The van der Waals surface area contributed by atoms with Crippen molar-refractivity contribution in [1.82, 2.24) is 0 Å². The van der Waals surface area contributed by atoms with Crippen LogP contribution in [-0.2, 0) is 4.79 Å². The minimum Gasteiger partial charge on any atom is -0.284 e. The third-order valence-electron chi connectivity index (χ3n) is 1.97. The topological polar surface area (TPSA) is 17.1 Å². The quantitative estimate of drug-likeness (QED) is 0.502. The molecule has 0 aromatic heterocycles. The fourth-order valence-corrected chi connectivity index (χ4v) is 1.14. The Kier molecular flexibility index (Phi) is 5.13. The summed E-state index contributed by atoms with van der Waals surface area (Å²) in [7, 11) is 0. The molecule has 0 radical (unpaired) electrons. The van der Waals surface area contributed by atoms with Crippen LogP contribution in [0.5, 0.6) is 0 Å². The van der Waals surface area contributed by atoms with Crippen LogP contribution < -0.4 is 0 Å². The molecule has 0 fully saturated rings. The van der Waals surface area contributed by atoms with Crippen LogP contribution in [0, 0.1) is 0 Å². The maximum absolute atomic E-state index is 12.7. The number of rotatable bonds is 2. The minimum absolute atomic E-state index is 4.54. The highest BCUT2D eigenvalue weighted by Crippen LogP contribution is 2.51. The van der Waals surface area contributed by atoms with E-state index in [4.69, 9.17) is 0 Å². The molecule has 0 rings (SSSR count). The predicted octanol–water partition coefficient (Wildman–Crippen LogP) is 4.74. The van der Waals surface area contributed by atoms with E-state index in [2.05, 4.69) is 0 Å². The average Bonchev–Trinajstić information content (AvgIpc) is 2.17. The van der Waals surface area contributed by atoms with E-state index in [-0.39, 0.29) is 0 Å². The highest BCUT2D eigenvalue weighted by Gasteiger charge is 2.71. The van der Waals surface area contributed by atoms with Crippen LogP contribution in [-0.4, -0.2) is 36.4 Å². The fourth-order valence-electron chi connectivity index (χ4n) is 1.14. The number of ketones is 1. The van der Waals surface area contributed by atoms with Crippen molar-refractivity contribution in [1.29, 1.82) is 0 Å².